The van der Waals surface area contributed by atoms with Crippen LogP contribution in [-0.2, 0) is 0 Å². The summed E-state index contributed by atoms with van der Waals surface area (Å²) in [5.41, 5.74) is 13.3. The van der Waals surface area contributed by atoms with Gasteiger partial charge in [-0.25, -0.2) is 9.38 Å². The molecule has 1 saturated carbocycles. The van der Waals surface area contributed by atoms with Gasteiger partial charge in [0.2, 0.25) is 0 Å². The van der Waals surface area contributed by atoms with Crippen LogP contribution in [0.2, 0.25) is 0 Å². The number of nitrogens with one attached hydrogen (secondary N) is 2. The number of hydrogen-bond donors (Lipinski definition) is 4. The van der Waals surface area contributed by atoms with Gasteiger partial charge in [0.05, 0.1) is 11.9 Å². The zero-order valence-corrected chi connectivity index (χ0v) is 19.9. The smallest absolute Gasteiger partial charge is 0.404 e. The van der Waals surface area contributed by atoms with Crippen molar-refractivity contribution in [2.45, 2.75) is 49.9 Å². The van der Waals surface area contributed by atoms with Crippen LogP contribution < -0.4 is 22.1 Å². The molecule has 0 radical (unpaired) electrons. The third-order valence-electron chi connectivity index (χ3n) is 6.13. The topological polar surface area (TPSA) is 113 Å². The molecular weight excluding hydrogens is 474 g/mol. The Balaban J connectivity index is 1.66. The third-order valence-corrected chi connectivity index (χ3v) is 6.13. The Kier molecular flexibility index (Phi) is 8.67. The second-order valence-corrected chi connectivity index (χ2v) is 9.02. The monoisotopic (exact) mass is 505 g/mol. The highest BCUT2D eigenvalue weighted by atomic mass is 19.4. The van der Waals surface area contributed by atoms with E-state index in [1.165, 1.54) is 31.2 Å². The normalized spacial score (nSPS) is 20.6. The maximum atomic E-state index is 14.6. The van der Waals surface area contributed by atoms with Crippen molar-refractivity contribution in [3.05, 3.63) is 59.8 Å². The number of nitrogens with two attached hydrogens (primary N) is 2. The molecule has 6 N–H and O–H groups in total. The lowest BCUT2D eigenvalue weighted by Crippen LogP contribution is -2.48. The van der Waals surface area contributed by atoms with Crippen LogP contribution in [0.5, 0.6) is 0 Å². The number of nitrogens with zero attached hydrogens (tertiary/aromatic N) is 3. The predicted octanol–water partition coefficient (Wildman–Crippen LogP) is 3.89. The molecule has 3 rings (SSSR count). The van der Waals surface area contributed by atoms with Crippen molar-refractivity contribution in [2.24, 2.45) is 26.4 Å². The quantitative estimate of drug-likeness (QED) is 0.220. The molecule has 1 aromatic carbocycles. The van der Waals surface area contributed by atoms with Gasteiger partial charge in [0.25, 0.3) is 0 Å². The van der Waals surface area contributed by atoms with Gasteiger partial charge in [-0.2, -0.15) is 13.2 Å². The summed E-state index contributed by atoms with van der Waals surface area (Å²) in [6.07, 6.45) is 3.87. The second-order valence-electron chi connectivity index (χ2n) is 9.02. The van der Waals surface area contributed by atoms with Gasteiger partial charge >= 0.3 is 6.18 Å². The Labute approximate surface area is 207 Å². The van der Waals surface area contributed by atoms with E-state index < -0.39 is 18.5 Å². The molecule has 7 nitrogen and oxygen atoms in total. The van der Waals surface area contributed by atoms with Gasteiger partial charge in [-0.15, -0.1) is 0 Å². The van der Waals surface area contributed by atoms with E-state index in [0.29, 0.717) is 17.5 Å². The minimum Gasteiger partial charge on any atom is -0.404 e. The summed E-state index contributed by atoms with van der Waals surface area (Å²) in [5, 5.41) is 6.96. The maximum Gasteiger partial charge on any atom is 0.407 e. The zero-order valence-electron chi connectivity index (χ0n) is 19.9. The van der Waals surface area contributed by atoms with E-state index in [4.69, 9.17) is 11.5 Å². The minimum absolute atomic E-state index is 0.0295. The fraction of sp³-hybridized carbons (Fsp3) is 0.400. The number of benzene rings is 1. The molecule has 0 bridgehead atoms. The molecule has 11 heteroatoms. The van der Waals surface area contributed by atoms with E-state index in [0.717, 1.165) is 43.6 Å². The molecule has 2 aliphatic rings. The maximum absolute atomic E-state index is 14.6. The highest BCUT2D eigenvalue weighted by molar-refractivity contribution is 6.09. The van der Waals surface area contributed by atoms with Crippen LogP contribution in [0.4, 0.5) is 17.6 Å². The van der Waals surface area contributed by atoms with E-state index in [2.05, 4.69) is 38.9 Å². The van der Waals surface area contributed by atoms with Crippen molar-refractivity contribution >= 4 is 30.0 Å². The first-order valence-corrected chi connectivity index (χ1v) is 11.5. The predicted molar refractivity (Wildman–Crippen MR) is 137 cm³/mol. The molecule has 194 valence electrons. The van der Waals surface area contributed by atoms with Crippen molar-refractivity contribution in [2.75, 3.05) is 13.1 Å². The molecule has 1 heterocycles. The third kappa shape index (κ3) is 7.77. The number of amidine groups is 1. The first-order chi connectivity index (χ1) is 17.0. The molecule has 1 saturated heterocycles. The van der Waals surface area contributed by atoms with Crippen LogP contribution in [0, 0.1) is 5.82 Å². The van der Waals surface area contributed by atoms with Crippen molar-refractivity contribution < 1.29 is 17.6 Å². The molecule has 1 unspecified atom stereocenters. The first-order valence-electron chi connectivity index (χ1n) is 11.5. The molecule has 1 spiro atoms. The van der Waals surface area contributed by atoms with E-state index in [-0.39, 0.29) is 28.7 Å². The summed E-state index contributed by atoms with van der Waals surface area (Å²) in [7, 11) is 0. The van der Waals surface area contributed by atoms with Crippen LogP contribution in [0.3, 0.4) is 0 Å². The molecule has 1 aliphatic carbocycles. The number of aliphatic imine (C=N–C) groups is 3. The number of halogens is 4. The number of hydrogen-bond acceptors (Lipinski definition) is 6. The van der Waals surface area contributed by atoms with Gasteiger partial charge in [-0.3, -0.25) is 9.98 Å². The molecule has 2 fully saturated rings. The van der Waals surface area contributed by atoms with Crippen molar-refractivity contribution in [1.82, 2.24) is 10.6 Å². The summed E-state index contributed by atoms with van der Waals surface area (Å²) in [6.45, 7) is 7.00. The lowest BCUT2D eigenvalue weighted by Gasteiger charge is -2.31. The largest absolute Gasteiger partial charge is 0.407 e. The number of rotatable bonds is 10. The fourth-order valence-electron chi connectivity index (χ4n) is 3.99. The van der Waals surface area contributed by atoms with Crippen molar-refractivity contribution in [3.8, 4) is 0 Å². The number of piperidine rings is 1. The Morgan fingerprint density at radius 2 is 2.03 bits per heavy atom. The standard InChI is InChI=1S/C25H31F4N7/c1-16(36-19-5-6-24(7-8-24)35-13-19)9-23(31)34-14-22(32-2)20-10-17(3-4-21(20)26)18(11-30)12-33-15-25(27,28)29/h3-4,10-12,14,19,35-36H,1-2,5-9,13,15,30H2,(H2,31,34)/b18-11?,22-14-,33-12?. The van der Waals surface area contributed by atoms with E-state index in [1.807, 2.05) is 0 Å². The SMILES string of the molecule is C=N/C(=C\N=C(N)CC(=C)NC1CCC2(CC2)NC1)c1cc(C(C=NCC(F)(F)F)=CN)ccc1F. The van der Waals surface area contributed by atoms with Crippen LogP contribution >= 0.6 is 0 Å². The summed E-state index contributed by atoms with van der Waals surface area (Å²) in [5.74, 6) is -0.381. The summed E-state index contributed by atoms with van der Waals surface area (Å²) >= 11 is 0. The lowest BCUT2D eigenvalue weighted by molar-refractivity contribution is -0.118. The van der Waals surface area contributed by atoms with Gasteiger partial charge < -0.3 is 22.1 Å². The van der Waals surface area contributed by atoms with Crippen molar-refractivity contribution in [1.29, 1.82) is 0 Å². The highest BCUT2D eigenvalue weighted by Crippen LogP contribution is 2.41. The zero-order chi connectivity index (χ0) is 26.3. The van der Waals surface area contributed by atoms with Gasteiger partial charge in [0.1, 0.15) is 18.2 Å². The first kappa shape index (κ1) is 27.1. The van der Waals surface area contributed by atoms with Crippen molar-refractivity contribution in [3.63, 3.8) is 0 Å². The molecule has 1 aliphatic heterocycles. The molecular formula is C25H31F4N7. The average Bonchev–Trinajstić information content (AvgIpc) is 3.58. The number of alkyl halides is 3. The average molecular weight is 506 g/mol. The summed E-state index contributed by atoms with van der Waals surface area (Å²) < 4.78 is 51.7. The highest BCUT2D eigenvalue weighted by Gasteiger charge is 2.44. The Bertz CT molecular complexity index is 1090. The fourth-order valence-corrected chi connectivity index (χ4v) is 3.99. The molecule has 1 aromatic rings. The van der Waals surface area contributed by atoms with E-state index in [9.17, 15) is 17.6 Å². The van der Waals surface area contributed by atoms with Crippen LogP contribution in [0.25, 0.3) is 11.3 Å². The van der Waals surface area contributed by atoms with Gasteiger partial charge in [0.15, 0.2) is 0 Å². The molecule has 1 atom stereocenters. The van der Waals surface area contributed by atoms with Gasteiger partial charge in [-0.05, 0) is 50.1 Å². The van der Waals surface area contributed by atoms with E-state index >= 15 is 0 Å². The summed E-state index contributed by atoms with van der Waals surface area (Å²) in [6, 6.07) is 4.17. The van der Waals surface area contributed by atoms with Gasteiger partial charge in [-0.1, -0.05) is 12.6 Å². The molecule has 0 aromatic heterocycles. The second kappa shape index (κ2) is 11.5. The Morgan fingerprint density at radius 3 is 2.61 bits per heavy atom. The number of allylic oxidation sites excluding steroid dienone is 1. The Hall–Kier alpha value is -3.47. The van der Waals surface area contributed by atoms with Gasteiger partial charge in [0, 0.05) is 53.8 Å². The molecule has 0 amide bonds. The van der Waals surface area contributed by atoms with Crippen LogP contribution in [0.15, 0.2) is 57.9 Å². The Morgan fingerprint density at radius 1 is 1.28 bits per heavy atom. The lowest BCUT2D eigenvalue weighted by atomic mass is 9.98. The molecule has 36 heavy (non-hydrogen) atoms. The van der Waals surface area contributed by atoms with Crippen LogP contribution in [0.1, 0.15) is 43.2 Å². The summed E-state index contributed by atoms with van der Waals surface area (Å²) in [4.78, 5) is 11.4. The van der Waals surface area contributed by atoms with Crippen LogP contribution in [-0.4, -0.2) is 49.6 Å². The van der Waals surface area contributed by atoms with E-state index in [1.54, 1.807) is 0 Å². The minimum atomic E-state index is -4.45.